The molecule has 0 saturated heterocycles. The minimum atomic E-state index is -4.48. The number of hydrogen-bond donors (Lipinski definition) is 1. The number of nitrogens with zero attached hydrogens (tertiary/aromatic N) is 3. The maximum absolute atomic E-state index is 12.3. The van der Waals surface area contributed by atoms with Gasteiger partial charge in [0, 0.05) is 24.5 Å². The summed E-state index contributed by atoms with van der Waals surface area (Å²) in [5, 5.41) is 3.40. The van der Waals surface area contributed by atoms with E-state index in [1.165, 1.54) is 13.3 Å². The highest BCUT2D eigenvalue weighted by atomic mass is 32.2. The van der Waals surface area contributed by atoms with Crippen molar-refractivity contribution in [2.45, 2.75) is 24.2 Å². The summed E-state index contributed by atoms with van der Waals surface area (Å²) in [5.74, 6) is 0.253. The Morgan fingerprint density at radius 1 is 1.39 bits per heavy atom. The third-order valence-electron chi connectivity index (χ3n) is 2.76. The first-order valence-electron chi connectivity index (χ1n) is 6.28. The van der Waals surface area contributed by atoms with Gasteiger partial charge in [-0.25, -0.2) is 18.1 Å². The van der Waals surface area contributed by atoms with Gasteiger partial charge in [-0.2, -0.15) is 18.3 Å². The number of pyridine rings is 1. The Morgan fingerprint density at radius 3 is 2.78 bits per heavy atom. The predicted octanol–water partition coefficient (Wildman–Crippen LogP) is 1.33. The van der Waals surface area contributed by atoms with Crippen molar-refractivity contribution in [1.29, 1.82) is 0 Å². The summed E-state index contributed by atoms with van der Waals surface area (Å²) in [4.78, 5) is 3.56. The molecule has 2 aromatic heterocycles. The molecule has 126 valence electrons. The molecule has 2 aromatic rings. The van der Waals surface area contributed by atoms with Crippen molar-refractivity contribution in [2.75, 3.05) is 7.11 Å². The van der Waals surface area contributed by atoms with Gasteiger partial charge in [-0.05, 0) is 6.07 Å². The minimum absolute atomic E-state index is 0.121. The van der Waals surface area contributed by atoms with E-state index >= 15 is 0 Å². The molecular weight excluding hydrogens is 337 g/mol. The number of methoxy groups -OCH3 is 1. The fraction of sp³-hybridized carbons (Fsp3) is 0.333. The number of aromatic nitrogens is 3. The lowest BCUT2D eigenvalue weighted by molar-refractivity contribution is -0.142. The molecule has 0 aliphatic heterocycles. The number of alkyl halides is 3. The van der Waals surface area contributed by atoms with Crippen molar-refractivity contribution in [1.82, 2.24) is 19.5 Å². The van der Waals surface area contributed by atoms with E-state index in [1.54, 1.807) is 12.1 Å². The summed E-state index contributed by atoms with van der Waals surface area (Å²) >= 11 is 0. The van der Waals surface area contributed by atoms with Crippen LogP contribution in [0.3, 0.4) is 0 Å². The van der Waals surface area contributed by atoms with Crippen molar-refractivity contribution >= 4 is 10.0 Å². The van der Waals surface area contributed by atoms with E-state index < -0.39 is 22.7 Å². The highest BCUT2D eigenvalue weighted by Crippen LogP contribution is 2.19. The zero-order valence-electron chi connectivity index (χ0n) is 11.9. The summed E-state index contributed by atoms with van der Waals surface area (Å²) in [6, 6.07) is 3.22. The van der Waals surface area contributed by atoms with Gasteiger partial charge >= 0.3 is 6.18 Å². The molecule has 0 aliphatic rings. The van der Waals surface area contributed by atoms with Crippen LogP contribution in [0.5, 0.6) is 5.88 Å². The molecule has 23 heavy (non-hydrogen) atoms. The molecule has 0 aromatic carbocycles. The Morgan fingerprint density at radius 2 is 2.13 bits per heavy atom. The molecule has 0 amide bonds. The maximum Gasteiger partial charge on any atom is 0.408 e. The van der Waals surface area contributed by atoms with Gasteiger partial charge in [0.1, 0.15) is 11.4 Å². The quantitative estimate of drug-likeness (QED) is 0.849. The SMILES string of the molecule is COc1ncccc1CNS(=O)(=O)c1cnn(CC(F)(F)F)c1. The monoisotopic (exact) mass is 350 g/mol. The smallest absolute Gasteiger partial charge is 0.408 e. The van der Waals surface area contributed by atoms with Crippen LogP contribution in [0.2, 0.25) is 0 Å². The highest BCUT2D eigenvalue weighted by Gasteiger charge is 2.29. The number of rotatable bonds is 6. The Balaban J connectivity index is 2.10. The zero-order valence-corrected chi connectivity index (χ0v) is 12.7. The lowest BCUT2D eigenvalue weighted by atomic mass is 10.3. The molecule has 0 saturated carbocycles. The Hall–Kier alpha value is -2.14. The fourth-order valence-electron chi connectivity index (χ4n) is 1.75. The molecule has 0 aliphatic carbocycles. The van der Waals surface area contributed by atoms with Crippen LogP contribution < -0.4 is 9.46 Å². The van der Waals surface area contributed by atoms with E-state index in [1.807, 2.05) is 0 Å². The van der Waals surface area contributed by atoms with Crippen LogP contribution in [-0.2, 0) is 23.1 Å². The van der Waals surface area contributed by atoms with Gasteiger partial charge < -0.3 is 4.74 Å². The second-order valence-electron chi connectivity index (χ2n) is 4.49. The first kappa shape index (κ1) is 17.2. The van der Waals surface area contributed by atoms with Gasteiger partial charge in [-0.3, -0.25) is 4.68 Å². The van der Waals surface area contributed by atoms with Crippen LogP contribution in [0.1, 0.15) is 5.56 Å². The highest BCUT2D eigenvalue weighted by molar-refractivity contribution is 7.89. The molecule has 0 radical (unpaired) electrons. The Labute approximate surface area is 130 Å². The molecule has 0 bridgehead atoms. The molecule has 0 unspecified atom stereocenters. The van der Waals surface area contributed by atoms with Crippen LogP contribution in [0, 0.1) is 0 Å². The summed E-state index contributed by atoms with van der Waals surface area (Å²) in [6.07, 6.45) is -1.33. The van der Waals surface area contributed by atoms with Crippen LogP contribution in [0.15, 0.2) is 35.6 Å². The van der Waals surface area contributed by atoms with E-state index in [0.29, 0.717) is 10.2 Å². The average Bonchev–Trinajstić information content (AvgIpc) is 2.92. The molecule has 7 nitrogen and oxygen atoms in total. The maximum atomic E-state index is 12.3. The minimum Gasteiger partial charge on any atom is -0.481 e. The summed E-state index contributed by atoms with van der Waals surface area (Å²) < 4.78 is 68.7. The summed E-state index contributed by atoms with van der Waals surface area (Å²) in [5.41, 5.74) is 0.487. The van der Waals surface area contributed by atoms with Crippen LogP contribution in [0.4, 0.5) is 13.2 Å². The zero-order chi connectivity index (χ0) is 17.1. The number of nitrogens with one attached hydrogen (secondary N) is 1. The van der Waals surface area contributed by atoms with E-state index in [9.17, 15) is 21.6 Å². The van der Waals surface area contributed by atoms with Crippen molar-refractivity contribution in [2.24, 2.45) is 0 Å². The standard InChI is InChI=1S/C12H13F3N4O3S/c1-22-11-9(3-2-4-16-11)5-18-23(20,21)10-6-17-19(7-10)8-12(13,14)15/h2-4,6-7,18H,5,8H2,1H3. The first-order valence-corrected chi connectivity index (χ1v) is 7.76. The third kappa shape index (κ3) is 4.66. The summed E-state index contributed by atoms with van der Waals surface area (Å²) in [6.45, 7) is -1.48. The molecule has 2 rings (SSSR count). The topological polar surface area (TPSA) is 86.1 Å². The van der Waals surface area contributed by atoms with Gasteiger partial charge in [-0.15, -0.1) is 0 Å². The number of halogens is 3. The van der Waals surface area contributed by atoms with Crippen LogP contribution >= 0.6 is 0 Å². The van der Waals surface area contributed by atoms with Crippen LogP contribution in [-0.4, -0.2) is 36.5 Å². The molecule has 0 fully saturated rings. The van der Waals surface area contributed by atoms with Gasteiger partial charge in [0.2, 0.25) is 15.9 Å². The predicted molar refractivity (Wildman–Crippen MR) is 73.1 cm³/mol. The fourth-order valence-corrected chi connectivity index (χ4v) is 2.71. The van der Waals surface area contributed by atoms with E-state index in [0.717, 1.165) is 12.4 Å². The van der Waals surface area contributed by atoms with Crippen molar-refractivity contribution in [3.8, 4) is 5.88 Å². The van der Waals surface area contributed by atoms with Crippen molar-refractivity contribution < 1.29 is 26.3 Å². The van der Waals surface area contributed by atoms with E-state index in [2.05, 4.69) is 14.8 Å². The molecule has 0 atom stereocenters. The molecule has 11 heteroatoms. The first-order chi connectivity index (χ1) is 10.7. The van der Waals surface area contributed by atoms with E-state index in [-0.39, 0.29) is 17.3 Å². The van der Waals surface area contributed by atoms with Gasteiger partial charge in [0.15, 0.2) is 0 Å². The second-order valence-corrected chi connectivity index (χ2v) is 6.25. The van der Waals surface area contributed by atoms with Crippen molar-refractivity contribution in [3.05, 3.63) is 36.3 Å². The normalized spacial score (nSPS) is 12.3. The summed E-state index contributed by atoms with van der Waals surface area (Å²) in [7, 11) is -2.61. The van der Waals surface area contributed by atoms with Crippen LogP contribution in [0.25, 0.3) is 0 Å². The van der Waals surface area contributed by atoms with Gasteiger partial charge in [0.25, 0.3) is 0 Å². The Bertz CT molecular complexity index is 774. The molecule has 2 heterocycles. The molecule has 1 N–H and O–H groups in total. The molecule has 0 spiro atoms. The van der Waals surface area contributed by atoms with Crippen molar-refractivity contribution in [3.63, 3.8) is 0 Å². The lowest BCUT2D eigenvalue weighted by Crippen LogP contribution is -2.23. The van der Waals surface area contributed by atoms with E-state index in [4.69, 9.17) is 4.74 Å². The third-order valence-corrected chi connectivity index (χ3v) is 4.11. The van der Waals surface area contributed by atoms with Gasteiger partial charge in [-0.1, -0.05) is 6.07 Å². The average molecular weight is 350 g/mol. The number of sulfonamides is 1. The number of ether oxygens (including phenoxy) is 1. The lowest BCUT2D eigenvalue weighted by Gasteiger charge is -2.08. The second kappa shape index (κ2) is 6.54. The number of hydrogen-bond acceptors (Lipinski definition) is 5. The van der Waals surface area contributed by atoms with Gasteiger partial charge in [0.05, 0.1) is 13.3 Å². The Kier molecular flexibility index (Phi) is 4.90. The molecular formula is C12H13F3N4O3S. The largest absolute Gasteiger partial charge is 0.481 e.